The van der Waals surface area contributed by atoms with Gasteiger partial charge in [0.25, 0.3) is 5.56 Å². The van der Waals surface area contributed by atoms with Gasteiger partial charge in [0.2, 0.25) is 0 Å². The fourth-order valence-electron chi connectivity index (χ4n) is 3.30. The van der Waals surface area contributed by atoms with Gasteiger partial charge in [-0.05, 0) is 19.3 Å². The van der Waals surface area contributed by atoms with Crippen LogP contribution in [0.5, 0.6) is 0 Å². The zero-order valence-corrected chi connectivity index (χ0v) is 15.4. The average Bonchev–Trinajstić information content (AvgIpc) is 3.07. The van der Waals surface area contributed by atoms with Crippen LogP contribution in [0, 0.1) is 12.3 Å². The van der Waals surface area contributed by atoms with Gasteiger partial charge in [0.05, 0.1) is 12.7 Å². The molecule has 8 nitrogen and oxygen atoms in total. The highest BCUT2D eigenvalue weighted by molar-refractivity contribution is 5.09. The third-order valence-electron chi connectivity index (χ3n) is 4.73. The van der Waals surface area contributed by atoms with Crippen molar-refractivity contribution >= 4 is 0 Å². The Morgan fingerprint density at radius 1 is 1.31 bits per heavy atom. The van der Waals surface area contributed by atoms with Crippen LogP contribution in [-0.2, 0) is 25.1 Å². The zero-order chi connectivity index (χ0) is 21.0. The lowest BCUT2D eigenvalue weighted by Gasteiger charge is -2.25. The number of aromatic nitrogens is 2. The molecule has 11 heteroatoms. The quantitative estimate of drug-likeness (QED) is 0.703. The molecule has 1 aromatic rings. The van der Waals surface area contributed by atoms with Gasteiger partial charge in [-0.3, -0.25) is 14.3 Å². The summed E-state index contributed by atoms with van der Waals surface area (Å²) in [7, 11) is 0. The second kappa shape index (κ2) is 9.13. The maximum Gasteiger partial charge on any atom is 0.423 e. The number of nitrogens with zero attached hydrogens (tertiary/aromatic N) is 1. The Morgan fingerprint density at radius 2 is 2.10 bits per heavy atom. The van der Waals surface area contributed by atoms with Crippen molar-refractivity contribution < 1.29 is 32.1 Å². The van der Waals surface area contributed by atoms with E-state index in [9.17, 15) is 22.8 Å². The van der Waals surface area contributed by atoms with E-state index in [-0.39, 0.29) is 19.6 Å². The van der Waals surface area contributed by atoms with Gasteiger partial charge < -0.3 is 18.9 Å². The Kier molecular flexibility index (Phi) is 6.79. The van der Waals surface area contributed by atoms with Crippen molar-refractivity contribution in [3.05, 3.63) is 32.6 Å². The van der Waals surface area contributed by atoms with Crippen molar-refractivity contribution in [2.24, 2.45) is 0 Å². The molecule has 4 atom stereocenters. The molecule has 2 fully saturated rings. The van der Waals surface area contributed by atoms with Crippen LogP contribution in [0.3, 0.4) is 0 Å². The molecule has 3 heterocycles. The first kappa shape index (κ1) is 21.6. The van der Waals surface area contributed by atoms with Gasteiger partial charge in [-0.15, -0.1) is 6.42 Å². The molecule has 0 aliphatic carbocycles. The van der Waals surface area contributed by atoms with E-state index in [1.807, 2.05) is 0 Å². The molecule has 1 N–H and O–H groups in total. The summed E-state index contributed by atoms with van der Waals surface area (Å²) >= 11 is 0. The summed E-state index contributed by atoms with van der Waals surface area (Å²) in [6.45, 7) is 0.606. The van der Waals surface area contributed by atoms with Crippen LogP contribution in [0.4, 0.5) is 13.2 Å². The maximum atomic E-state index is 13.0. The molecule has 0 aromatic carbocycles. The van der Waals surface area contributed by atoms with Crippen LogP contribution < -0.4 is 11.2 Å². The monoisotopic (exact) mass is 418 g/mol. The molecule has 29 heavy (non-hydrogen) atoms. The standard InChI is InChI=1S/C18H21F3N2O6/c1-2-6-26-12-8-14(29-13(12)10-28-15-5-3-4-7-27-15)23-9-11(18(19,20)21)16(24)22-17(23)25/h1,9,12-15H,3-8,10H2,(H,22,24,25)/t12-,13+,14+,15?/m0/s1. The minimum atomic E-state index is -4.91. The van der Waals surface area contributed by atoms with E-state index in [1.165, 1.54) is 0 Å². The number of alkyl halides is 3. The van der Waals surface area contributed by atoms with Crippen molar-refractivity contribution in [1.29, 1.82) is 0 Å². The molecule has 0 radical (unpaired) electrons. The maximum absolute atomic E-state index is 13.0. The van der Waals surface area contributed by atoms with Crippen LogP contribution in [0.15, 0.2) is 15.8 Å². The highest BCUT2D eigenvalue weighted by Crippen LogP contribution is 2.32. The molecule has 0 saturated carbocycles. The van der Waals surface area contributed by atoms with Crippen LogP contribution >= 0.6 is 0 Å². The molecule has 3 rings (SSSR count). The SMILES string of the molecule is C#CCO[C@H]1C[C@H](n2cc(C(F)(F)F)c(=O)[nH]c2=O)O[C@@H]1COC1CCCCO1. The molecule has 1 unspecified atom stereocenters. The zero-order valence-electron chi connectivity index (χ0n) is 15.4. The van der Waals surface area contributed by atoms with Crippen LogP contribution in [-0.4, -0.2) is 47.9 Å². The van der Waals surface area contributed by atoms with Crippen LogP contribution in [0.1, 0.15) is 37.5 Å². The number of rotatable bonds is 6. The van der Waals surface area contributed by atoms with E-state index in [2.05, 4.69) is 5.92 Å². The Morgan fingerprint density at radius 3 is 2.76 bits per heavy atom. The highest BCUT2D eigenvalue weighted by Gasteiger charge is 2.40. The molecule has 160 valence electrons. The summed E-state index contributed by atoms with van der Waals surface area (Å²) in [6, 6.07) is 0. The summed E-state index contributed by atoms with van der Waals surface area (Å²) in [5.74, 6) is 2.32. The molecule has 2 saturated heterocycles. The number of aromatic amines is 1. The Labute approximate surface area is 163 Å². The molecule has 2 aliphatic heterocycles. The Balaban J connectivity index is 1.77. The molecule has 0 amide bonds. The van der Waals surface area contributed by atoms with Gasteiger partial charge in [-0.25, -0.2) is 4.79 Å². The lowest BCUT2D eigenvalue weighted by Crippen LogP contribution is -2.36. The Bertz CT molecular complexity index is 853. The summed E-state index contributed by atoms with van der Waals surface area (Å²) in [6.07, 6.45) is 0.692. The molecule has 0 bridgehead atoms. The van der Waals surface area contributed by atoms with Crippen molar-refractivity contribution in [3.8, 4) is 12.3 Å². The minimum Gasteiger partial charge on any atom is -0.363 e. The van der Waals surface area contributed by atoms with Gasteiger partial charge in [0.15, 0.2) is 6.29 Å². The first-order valence-electron chi connectivity index (χ1n) is 9.16. The molecular formula is C18H21F3N2O6. The van der Waals surface area contributed by atoms with Crippen molar-refractivity contribution in [1.82, 2.24) is 9.55 Å². The summed E-state index contributed by atoms with van der Waals surface area (Å²) < 4.78 is 62.2. The fraction of sp³-hybridized carbons (Fsp3) is 0.667. The predicted molar refractivity (Wildman–Crippen MR) is 93.0 cm³/mol. The van der Waals surface area contributed by atoms with E-state index in [1.54, 1.807) is 4.98 Å². The summed E-state index contributed by atoms with van der Waals surface area (Å²) in [5.41, 5.74) is -4.01. The van der Waals surface area contributed by atoms with Crippen LogP contribution in [0.2, 0.25) is 0 Å². The number of halogens is 3. The molecular weight excluding hydrogens is 397 g/mol. The lowest BCUT2D eigenvalue weighted by atomic mass is 10.1. The van der Waals surface area contributed by atoms with Gasteiger partial charge in [-0.1, -0.05) is 5.92 Å². The van der Waals surface area contributed by atoms with Gasteiger partial charge >= 0.3 is 11.9 Å². The van der Waals surface area contributed by atoms with Gasteiger partial charge in [0, 0.05) is 19.2 Å². The second-order valence-corrected chi connectivity index (χ2v) is 6.76. The number of nitrogens with one attached hydrogen (secondary N) is 1. The van der Waals surface area contributed by atoms with Crippen molar-refractivity contribution in [2.75, 3.05) is 19.8 Å². The summed E-state index contributed by atoms with van der Waals surface area (Å²) in [5, 5.41) is 0. The van der Waals surface area contributed by atoms with Crippen LogP contribution in [0.25, 0.3) is 0 Å². The summed E-state index contributed by atoms with van der Waals surface area (Å²) in [4.78, 5) is 25.2. The number of hydrogen-bond acceptors (Lipinski definition) is 6. The number of ether oxygens (including phenoxy) is 4. The molecule has 0 spiro atoms. The van der Waals surface area contributed by atoms with Gasteiger partial charge in [-0.2, -0.15) is 13.2 Å². The third kappa shape index (κ3) is 5.27. The molecule has 2 aliphatic rings. The van der Waals surface area contributed by atoms with E-state index in [0.29, 0.717) is 17.4 Å². The number of H-pyrrole nitrogens is 1. The van der Waals surface area contributed by atoms with E-state index in [0.717, 1.165) is 19.3 Å². The fourth-order valence-corrected chi connectivity index (χ4v) is 3.30. The first-order valence-corrected chi connectivity index (χ1v) is 9.16. The van der Waals surface area contributed by atoms with Crippen molar-refractivity contribution in [3.63, 3.8) is 0 Å². The largest absolute Gasteiger partial charge is 0.423 e. The van der Waals surface area contributed by atoms with Gasteiger partial charge in [0.1, 0.15) is 24.5 Å². The molecule has 1 aromatic heterocycles. The van der Waals surface area contributed by atoms with Crippen molar-refractivity contribution in [2.45, 2.75) is 56.6 Å². The third-order valence-corrected chi connectivity index (χ3v) is 4.73. The Hall–Kier alpha value is -2.13. The topological polar surface area (TPSA) is 91.8 Å². The smallest absolute Gasteiger partial charge is 0.363 e. The second-order valence-electron chi connectivity index (χ2n) is 6.76. The van der Waals surface area contributed by atoms with E-state index < -0.39 is 47.7 Å². The number of hydrogen-bond donors (Lipinski definition) is 1. The average molecular weight is 418 g/mol. The minimum absolute atomic E-state index is 0.0362. The highest BCUT2D eigenvalue weighted by atomic mass is 19.4. The normalized spacial score (nSPS) is 27.7. The number of terminal acetylenes is 1. The van der Waals surface area contributed by atoms with E-state index >= 15 is 0 Å². The lowest BCUT2D eigenvalue weighted by molar-refractivity contribution is -0.187. The van der Waals surface area contributed by atoms with E-state index in [4.69, 9.17) is 25.4 Å². The predicted octanol–water partition coefficient (Wildman–Crippen LogP) is 1.40. The first-order chi connectivity index (χ1) is 13.8.